The van der Waals surface area contributed by atoms with Gasteiger partial charge in [-0.1, -0.05) is 44.2 Å². The SMILES string of the molecule is Cc1nc(NC(=O)[C@@H](NS(=O)(=O)c2ccc3ccccc3c2)C(C)C)sc1C. The zero-order chi connectivity index (χ0) is 20.5. The smallest absolute Gasteiger partial charge is 0.244 e. The molecule has 0 spiro atoms. The van der Waals surface area contributed by atoms with Gasteiger partial charge in [-0.2, -0.15) is 4.72 Å². The van der Waals surface area contributed by atoms with Crippen molar-refractivity contribution in [3.8, 4) is 0 Å². The van der Waals surface area contributed by atoms with Crippen molar-refractivity contribution in [1.29, 1.82) is 0 Å². The number of thiazole rings is 1. The number of fused-ring (bicyclic) bond motifs is 1. The summed E-state index contributed by atoms with van der Waals surface area (Å²) in [6.45, 7) is 7.38. The molecule has 1 amide bonds. The Bertz CT molecular complexity index is 1100. The fraction of sp³-hybridized carbons (Fsp3) is 0.300. The summed E-state index contributed by atoms with van der Waals surface area (Å²) < 4.78 is 28.4. The molecule has 6 nitrogen and oxygen atoms in total. The number of aryl methyl sites for hydroxylation is 2. The van der Waals surface area contributed by atoms with Gasteiger partial charge in [0, 0.05) is 4.88 Å². The van der Waals surface area contributed by atoms with Crippen molar-refractivity contribution in [2.75, 3.05) is 5.32 Å². The van der Waals surface area contributed by atoms with E-state index in [2.05, 4.69) is 15.0 Å². The number of benzene rings is 2. The second-order valence-corrected chi connectivity index (χ2v) is 9.92. The van der Waals surface area contributed by atoms with Crippen LogP contribution in [0.5, 0.6) is 0 Å². The topological polar surface area (TPSA) is 88.2 Å². The molecule has 0 aliphatic rings. The number of anilines is 1. The molecular formula is C20H23N3O3S2. The maximum atomic E-state index is 12.9. The maximum absolute atomic E-state index is 12.9. The fourth-order valence-electron chi connectivity index (χ4n) is 2.77. The van der Waals surface area contributed by atoms with Crippen molar-refractivity contribution < 1.29 is 13.2 Å². The Morgan fingerprint density at radius 3 is 2.36 bits per heavy atom. The average Bonchev–Trinajstić information content (AvgIpc) is 2.96. The lowest BCUT2D eigenvalue weighted by molar-refractivity contribution is -0.118. The minimum absolute atomic E-state index is 0.130. The molecule has 2 N–H and O–H groups in total. The Labute approximate surface area is 169 Å². The summed E-state index contributed by atoms with van der Waals surface area (Å²) in [5, 5.41) is 4.97. The van der Waals surface area contributed by atoms with Crippen molar-refractivity contribution in [2.24, 2.45) is 5.92 Å². The van der Waals surface area contributed by atoms with E-state index in [1.165, 1.54) is 11.3 Å². The third-order valence-corrected chi connectivity index (χ3v) is 6.95. The molecule has 0 unspecified atom stereocenters. The van der Waals surface area contributed by atoms with Crippen LogP contribution >= 0.6 is 11.3 Å². The zero-order valence-corrected chi connectivity index (χ0v) is 17.8. The van der Waals surface area contributed by atoms with E-state index in [9.17, 15) is 13.2 Å². The molecule has 148 valence electrons. The van der Waals surface area contributed by atoms with E-state index in [-0.39, 0.29) is 10.8 Å². The molecule has 0 aliphatic carbocycles. The van der Waals surface area contributed by atoms with Gasteiger partial charge >= 0.3 is 0 Å². The lowest BCUT2D eigenvalue weighted by Gasteiger charge is -2.21. The third kappa shape index (κ3) is 4.40. The number of hydrogen-bond acceptors (Lipinski definition) is 5. The molecule has 28 heavy (non-hydrogen) atoms. The average molecular weight is 418 g/mol. The van der Waals surface area contributed by atoms with E-state index in [0.717, 1.165) is 21.3 Å². The first-order valence-corrected chi connectivity index (χ1v) is 11.2. The summed E-state index contributed by atoms with van der Waals surface area (Å²) in [4.78, 5) is 18.2. The quantitative estimate of drug-likeness (QED) is 0.638. The number of amides is 1. The first-order chi connectivity index (χ1) is 13.2. The van der Waals surface area contributed by atoms with Gasteiger partial charge in [0.05, 0.1) is 10.6 Å². The first kappa shape index (κ1) is 20.4. The molecule has 3 rings (SSSR count). The molecule has 1 aromatic heterocycles. The van der Waals surface area contributed by atoms with Gasteiger partial charge in [-0.25, -0.2) is 13.4 Å². The predicted molar refractivity (Wildman–Crippen MR) is 113 cm³/mol. The molecular weight excluding hydrogens is 394 g/mol. The minimum atomic E-state index is -3.86. The number of nitrogens with zero attached hydrogens (tertiary/aromatic N) is 1. The Morgan fingerprint density at radius 1 is 1.07 bits per heavy atom. The predicted octanol–water partition coefficient (Wildman–Crippen LogP) is 3.85. The van der Waals surface area contributed by atoms with Crippen molar-refractivity contribution in [2.45, 2.75) is 38.6 Å². The summed E-state index contributed by atoms with van der Waals surface area (Å²) in [7, 11) is -3.86. The first-order valence-electron chi connectivity index (χ1n) is 8.93. The minimum Gasteiger partial charge on any atom is -0.301 e. The molecule has 1 heterocycles. The standard InChI is InChI=1S/C20H23N3O3S2/c1-12(2)18(19(24)22-20-21-13(3)14(4)27-20)23-28(25,26)17-10-9-15-7-5-6-8-16(15)11-17/h5-12,18,23H,1-4H3,(H,21,22,24)/t18-/m0/s1. The number of nitrogens with one attached hydrogen (secondary N) is 2. The second-order valence-electron chi connectivity index (χ2n) is 7.00. The monoisotopic (exact) mass is 417 g/mol. The van der Waals surface area contributed by atoms with Crippen molar-refractivity contribution >= 4 is 43.2 Å². The van der Waals surface area contributed by atoms with Crippen LogP contribution in [0.3, 0.4) is 0 Å². The summed E-state index contributed by atoms with van der Waals surface area (Å²) in [6.07, 6.45) is 0. The number of sulfonamides is 1. The highest BCUT2D eigenvalue weighted by Crippen LogP contribution is 2.23. The van der Waals surface area contributed by atoms with Crippen LogP contribution in [-0.4, -0.2) is 25.4 Å². The van der Waals surface area contributed by atoms with Crippen molar-refractivity contribution in [3.63, 3.8) is 0 Å². The van der Waals surface area contributed by atoms with Crippen molar-refractivity contribution in [3.05, 3.63) is 53.0 Å². The fourth-order valence-corrected chi connectivity index (χ4v) is 4.97. The van der Waals surface area contributed by atoms with E-state index < -0.39 is 22.0 Å². The highest BCUT2D eigenvalue weighted by Gasteiger charge is 2.29. The van der Waals surface area contributed by atoms with Crippen LogP contribution in [-0.2, 0) is 14.8 Å². The van der Waals surface area contributed by atoms with E-state index in [1.807, 2.05) is 38.1 Å². The molecule has 0 radical (unpaired) electrons. The van der Waals surface area contributed by atoms with Crippen LogP contribution in [0.15, 0.2) is 47.4 Å². The number of carbonyl (C=O) groups excluding carboxylic acids is 1. The molecule has 0 saturated heterocycles. The molecule has 0 saturated carbocycles. The van der Waals surface area contributed by atoms with Gasteiger partial charge in [-0.05, 0) is 42.7 Å². The summed E-state index contributed by atoms with van der Waals surface area (Å²) in [6, 6.07) is 11.5. The van der Waals surface area contributed by atoms with Crippen LogP contribution < -0.4 is 10.0 Å². The van der Waals surface area contributed by atoms with E-state index >= 15 is 0 Å². The molecule has 1 atom stereocenters. The summed E-state index contributed by atoms with van der Waals surface area (Å²) in [5.41, 5.74) is 0.846. The molecule has 0 bridgehead atoms. The van der Waals surface area contributed by atoms with Crippen LogP contribution in [0.1, 0.15) is 24.4 Å². The van der Waals surface area contributed by atoms with Crippen molar-refractivity contribution in [1.82, 2.24) is 9.71 Å². The lowest BCUT2D eigenvalue weighted by Crippen LogP contribution is -2.47. The van der Waals surface area contributed by atoms with Crippen LogP contribution in [0.2, 0.25) is 0 Å². The Kier molecular flexibility index (Phi) is 5.83. The summed E-state index contributed by atoms with van der Waals surface area (Å²) >= 11 is 1.37. The zero-order valence-electron chi connectivity index (χ0n) is 16.2. The van der Waals surface area contributed by atoms with Gasteiger partial charge in [0.15, 0.2) is 5.13 Å². The van der Waals surface area contributed by atoms with Crippen LogP contribution in [0.4, 0.5) is 5.13 Å². The van der Waals surface area contributed by atoms with Gasteiger partial charge in [-0.15, -0.1) is 11.3 Å². The maximum Gasteiger partial charge on any atom is 0.244 e. The Morgan fingerprint density at radius 2 is 1.75 bits per heavy atom. The van der Waals surface area contributed by atoms with E-state index in [4.69, 9.17) is 0 Å². The number of rotatable bonds is 6. The van der Waals surface area contributed by atoms with Gasteiger partial charge < -0.3 is 5.32 Å². The van der Waals surface area contributed by atoms with Gasteiger partial charge in [0.25, 0.3) is 0 Å². The molecule has 2 aromatic carbocycles. The Balaban J connectivity index is 1.84. The highest BCUT2D eigenvalue weighted by molar-refractivity contribution is 7.89. The normalized spacial score (nSPS) is 13.0. The number of aromatic nitrogens is 1. The molecule has 3 aromatic rings. The molecule has 0 fully saturated rings. The Hall–Kier alpha value is -2.29. The third-order valence-electron chi connectivity index (χ3n) is 4.52. The van der Waals surface area contributed by atoms with Gasteiger partial charge in [0.1, 0.15) is 6.04 Å². The lowest BCUT2D eigenvalue weighted by atomic mass is 10.1. The summed E-state index contributed by atoms with van der Waals surface area (Å²) in [5.74, 6) is -0.662. The number of carbonyl (C=O) groups is 1. The second kappa shape index (κ2) is 7.98. The van der Waals surface area contributed by atoms with Crippen LogP contribution in [0, 0.1) is 19.8 Å². The molecule has 0 aliphatic heterocycles. The van der Waals surface area contributed by atoms with E-state index in [0.29, 0.717) is 5.13 Å². The van der Waals surface area contributed by atoms with Gasteiger partial charge in [-0.3, -0.25) is 4.79 Å². The number of hydrogen-bond donors (Lipinski definition) is 2. The largest absolute Gasteiger partial charge is 0.301 e. The highest BCUT2D eigenvalue weighted by atomic mass is 32.2. The van der Waals surface area contributed by atoms with Gasteiger partial charge in [0.2, 0.25) is 15.9 Å². The molecule has 8 heteroatoms. The van der Waals surface area contributed by atoms with Crippen LogP contribution in [0.25, 0.3) is 10.8 Å². The van der Waals surface area contributed by atoms with E-state index in [1.54, 1.807) is 32.0 Å².